The lowest BCUT2D eigenvalue weighted by atomic mass is 10.0. The van der Waals surface area contributed by atoms with Gasteiger partial charge in [0.05, 0.1) is 5.02 Å². The first-order valence-corrected chi connectivity index (χ1v) is 8.46. The smallest absolute Gasteiger partial charge is 0.222 e. The molecule has 1 fully saturated rings. The third-order valence-corrected chi connectivity index (χ3v) is 4.52. The molecule has 2 aromatic rings. The Bertz CT molecular complexity index is 702. The van der Waals surface area contributed by atoms with Crippen LogP contribution < -0.4 is 16.0 Å². The van der Waals surface area contributed by atoms with E-state index in [4.69, 9.17) is 17.3 Å². The van der Waals surface area contributed by atoms with Crippen molar-refractivity contribution in [3.8, 4) is 0 Å². The molecule has 1 aromatic carbocycles. The van der Waals surface area contributed by atoms with E-state index in [-0.39, 0.29) is 49.2 Å². The predicted octanol–water partition coefficient (Wildman–Crippen LogP) is 3.36. The van der Waals surface area contributed by atoms with Crippen LogP contribution in [-0.4, -0.2) is 30.0 Å². The number of hydrogen-bond acceptors (Lipinski definition) is 4. The molecule has 0 spiro atoms. The van der Waals surface area contributed by atoms with E-state index < -0.39 is 0 Å². The van der Waals surface area contributed by atoms with Crippen LogP contribution in [0, 0.1) is 0 Å². The lowest BCUT2D eigenvalue weighted by Gasteiger charge is -2.19. The topological polar surface area (TPSA) is 71.2 Å². The second-order valence-electron chi connectivity index (χ2n) is 6.03. The quantitative estimate of drug-likeness (QED) is 0.782. The van der Waals surface area contributed by atoms with Crippen LogP contribution in [-0.2, 0) is 4.79 Å². The highest BCUT2D eigenvalue weighted by Crippen LogP contribution is 2.25. The van der Waals surface area contributed by atoms with Crippen molar-refractivity contribution in [3.05, 3.63) is 59.2 Å². The largest absolute Gasteiger partial charge is 0.353 e. The molecule has 1 amide bonds. The minimum atomic E-state index is -0.283. The first-order valence-electron chi connectivity index (χ1n) is 8.09. The molecule has 2 heterocycles. The number of benzene rings is 1. The highest BCUT2D eigenvalue weighted by Gasteiger charge is 2.26. The van der Waals surface area contributed by atoms with Gasteiger partial charge in [-0.25, -0.2) is 4.98 Å². The summed E-state index contributed by atoms with van der Waals surface area (Å²) in [6, 6.07) is 13.1. The minimum absolute atomic E-state index is 0. The first kappa shape index (κ1) is 22.5. The van der Waals surface area contributed by atoms with E-state index in [9.17, 15) is 4.79 Å². The number of nitrogens with zero attached hydrogens (tertiary/aromatic N) is 2. The van der Waals surface area contributed by atoms with Gasteiger partial charge in [-0.1, -0.05) is 41.9 Å². The summed E-state index contributed by atoms with van der Waals surface area (Å²) in [7, 11) is 0. The highest BCUT2D eigenvalue weighted by molar-refractivity contribution is 6.32. The first-order chi connectivity index (χ1) is 11.6. The molecule has 0 radical (unpaired) electrons. The summed E-state index contributed by atoms with van der Waals surface area (Å²) in [5, 5.41) is 3.70. The lowest BCUT2D eigenvalue weighted by Crippen LogP contribution is -2.38. The van der Waals surface area contributed by atoms with Crippen LogP contribution in [0.2, 0.25) is 5.02 Å². The summed E-state index contributed by atoms with van der Waals surface area (Å²) in [6.45, 7) is 1.54. The molecule has 1 aliphatic rings. The summed E-state index contributed by atoms with van der Waals surface area (Å²) < 4.78 is 0. The van der Waals surface area contributed by atoms with Gasteiger partial charge in [0.25, 0.3) is 0 Å². The molecule has 0 bridgehead atoms. The van der Waals surface area contributed by atoms with Crippen molar-refractivity contribution in [2.45, 2.75) is 24.9 Å². The van der Waals surface area contributed by atoms with Crippen LogP contribution in [0.4, 0.5) is 5.82 Å². The van der Waals surface area contributed by atoms with E-state index in [1.54, 1.807) is 6.20 Å². The van der Waals surface area contributed by atoms with Crippen LogP contribution in [0.25, 0.3) is 0 Å². The average molecular weight is 418 g/mol. The second kappa shape index (κ2) is 10.6. The van der Waals surface area contributed by atoms with E-state index in [0.717, 1.165) is 24.3 Å². The molecule has 1 aliphatic heterocycles. The van der Waals surface area contributed by atoms with E-state index in [1.807, 2.05) is 42.5 Å². The number of aromatic nitrogens is 1. The Balaban J connectivity index is 0.00000169. The van der Waals surface area contributed by atoms with Crippen molar-refractivity contribution in [2.24, 2.45) is 5.73 Å². The summed E-state index contributed by atoms with van der Waals surface area (Å²) >= 11 is 6.19. The Kier molecular flexibility index (Phi) is 9.16. The molecular weight excluding hydrogens is 395 g/mol. The number of pyridine rings is 1. The van der Waals surface area contributed by atoms with Gasteiger partial charge >= 0.3 is 0 Å². The fourth-order valence-electron chi connectivity index (χ4n) is 2.98. The van der Waals surface area contributed by atoms with Gasteiger partial charge in [-0.2, -0.15) is 0 Å². The number of nitrogens with one attached hydrogen (secondary N) is 1. The Morgan fingerprint density at radius 1 is 1.27 bits per heavy atom. The molecule has 26 heavy (non-hydrogen) atoms. The molecule has 3 N–H and O–H groups in total. The van der Waals surface area contributed by atoms with Crippen LogP contribution >= 0.6 is 36.4 Å². The van der Waals surface area contributed by atoms with Crippen molar-refractivity contribution in [1.29, 1.82) is 0 Å². The van der Waals surface area contributed by atoms with Gasteiger partial charge in [-0.3, -0.25) is 4.79 Å². The molecule has 8 heteroatoms. The SMILES string of the molecule is Cl.Cl.NC(CC(=O)NC1CCN(c2ncccc2Cl)C1)c1ccccc1. The normalized spacial score (nSPS) is 17.0. The van der Waals surface area contributed by atoms with Gasteiger partial charge in [0.2, 0.25) is 5.91 Å². The molecular formula is C18H23Cl3N4O. The number of amides is 1. The van der Waals surface area contributed by atoms with Gasteiger partial charge in [0.1, 0.15) is 5.82 Å². The van der Waals surface area contributed by atoms with Gasteiger partial charge < -0.3 is 16.0 Å². The Hall–Kier alpha value is -1.53. The molecule has 0 saturated carbocycles. The Morgan fingerprint density at radius 3 is 2.69 bits per heavy atom. The summed E-state index contributed by atoms with van der Waals surface area (Å²) in [5.41, 5.74) is 7.08. The number of carbonyl (C=O) groups is 1. The molecule has 0 aliphatic carbocycles. The van der Waals surface area contributed by atoms with Gasteiger partial charge in [-0.15, -0.1) is 24.8 Å². The average Bonchev–Trinajstić information content (AvgIpc) is 3.04. The zero-order chi connectivity index (χ0) is 16.9. The molecule has 1 aromatic heterocycles. The van der Waals surface area contributed by atoms with E-state index >= 15 is 0 Å². The number of halogens is 3. The van der Waals surface area contributed by atoms with Gasteiger partial charge in [0, 0.05) is 37.8 Å². The number of rotatable bonds is 5. The van der Waals surface area contributed by atoms with E-state index in [0.29, 0.717) is 11.6 Å². The molecule has 1 saturated heterocycles. The standard InChI is InChI=1S/C18H21ClN4O.2ClH/c19-15-7-4-9-21-18(15)23-10-8-14(12-23)22-17(24)11-16(20)13-5-2-1-3-6-13;;/h1-7,9,14,16H,8,10-12,20H2,(H,22,24);2*1H. The zero-order valence-corrected chi connectivity index (χ0v) is 16.6. The van der Waals surface area contributed by atoms with Crippen molar-refractivity contribution in [1.82, 2.24) is 10.3 Å². The molecule has 5 nitrogen and oxygen atoms in total. The van der Waals surface area contributed by atoms with E-state index in [1.165, 1.54) is 0 Å². The van der Waals surface area contributed by atoms with Crippen molar-refractivity contribution in [2.75, 3.05) is 18.0 Å². The Labute approximate surface area is 171 Å². The lowest BCUT2D eigenvalue weighted by molar-refractivity contribution is -0.122. The molecule has 3 rings (SSSR count). The maximum atomic E-state index is 12.2. The second-order valence-corrected chi connectivity index (χ2v) is 6.44. The summed E-state index contributed by atoms with van der Waals surface area (Å²) in [4.78, 5) is 18.7. The third-order valence-electron chi connectivity index (χ3n) is 4.22. The zero-order valence-electron chi connectivity index (χ0n) is 14.2. The fraction of sp³-hybridized carbons (Fsp3) is 0.333. The molecule has 2 atom stereocenters. The summed E-state index contributed by atoms with van der Waals surface area (Å²) in [5.74, 6) is 0.752. The van der Waals surface area contributed by atoms with Gasteiger partial charge in [-0.05, 0) is 24.1 Å². The molecule has 2 unspecified atom stereocenters. The van der Waals surface area contributed by atoms with Crippen molar-refractivity contribution >= 4 is 48.1 Å². The maximum absolute atomic E-state index is 12.2. The minimum Gasteiger partial charge on any atom is -0.353 e. The monoisotopic (exact) mass is 416 g/mol. The van der Waals surface area contributed by atoms with Crippen molar-refractivity contribution < 1.29 is 4.79 Å². The molecule has 142 valence electrons. The number of hydrogen-bond donors (Lipinski definition) is 2. The Morgan fingerprint density at radius 2 is 2.00 bits per heavy atom. The highest BCUT2D eigenvalue weighted by atomic mass is 35.5. The number of carbonyl (C=O) groups excluding carboxylic acids is 1. The summed E-state index contributed by atoms with van der Waals surface area (Å²) in [6.07, 6.45) is 2.88. The third kappa shape index (κ3) is 5.74. The number of nitrogens with two attached hydrogens (primary N) is 1. The van der Waals surface area contributed by atoms with Crippen LogP contribution in [0.3, 0.4) is 0 Å². The van der Waals surface area contributed by atoms with Crippen molar-refractivity contribution in [3.63, 3.8) is 0 Å². The predicted molar refractivity (Wildman–Crippen MR) is 110 cm³/mol. The van der Waals surface area contributed by atoms with Gasteiger partial charge in [0.15, 0.2) is 0 Å². The van der Waals surface area contributed by atoms with Crippen LogP contribution in [0.5, 0.6) is 0 Å². The number of anilines is 1. The van der Waals surface area contributed by atoms with Crippen LogP contribution in [0.1, 0.15) is 24.4 Å². The fourth-order valence-corrected chi connectivity index (χ4v) is 3.23. The van der Waals surface area contributed by atoms with Crippen LogP contribution in [0.15, 0.2) is 48.7 Å². The van der Waals surface area contributed by atoms with E-state index in [2.05, 4.69) is 15.2 Å². The maximum Gasteiger partial charge on any atom is 0.222 e.